The first-order valence-corrected chi connectivity index (χ1v) is 10.2. The van der Waals surface area contributed by atoms with Gasteiger partial charge in [0.05, 0.1) is 11.1 Å². The highest BCUT2D eigenvalue weighted by Gasteiger charge is 2.27. The summed E-state index contributed by atoms with van der Waals surface area (Å²) < 4.78 is 47.1. The third kappa shape index (κ3) is 8.79. The van der Waals surface area contributed by atoms with Crippen LogP contribution in [0, 0.1) is 0 Å². The minimum atomic E-state index is -4.27. The van der Waals surface area contributed by atoms with Gasteiger partial charge in [-0.1, -0.05) is 12.1 Å². The van der Waals surface area contributed by atoms with Crippen molar-refractivity contribution < 1.29 is 27.4 Å². The topological polar surface area (TPSA) is 42.0 Å². The lowest BCUT2D eigenvalue weighted by Crippen LogP contribution is -2.49. The predicted molar refractivity (Wildman–Crippen MR) is 103 cm³/mol. The standard InChI is InChI=1S/C19H26BrF3N2O3/c20-16-5-1-2-6-17(16)28-14-3-7-18(26)25-11-9-24(10-12-25)8-4-13-27-15-19(21,22)23/h1-2,5-6H,3-4,7-15H2. The first-order chi connectivity index (χ1) is 13.3. The van der Waals surface area contributed by atoms with Crippen LogP contribution in [0.2, 0.25) is 0 Å². The van der Waals surface area contributed by atoms with E-state index in [1.807, 2.05) is 29.2 Å². The molecule has 1 amide bonds. The van der Waals surface area contributed by atoms with E-state index in [2.05, 4.69) is 25.6 Å². The highest BCUT2D eigenvalue weighted by Crippen LogP contribution is 2.23. The summed E-state index contributed by atoms with van der Waals surface area (Å²) in [6.45, 7) is 2.82. The fourth-order valence-electron chi connectivity index (χ4n) is 2.92. The largest absolute Gasteiger partial charge is 0.492 e. The van der Waals surface area contributed by atoms with Gasteiger partial charge < -0.3 is 14.4 Å². The summed E-state index contributed by atoms with van der Waals surface area (Å²) in [6.07, 6.45) is -2.63. The normalized spacial score (nSPS) is 15.6. The molecule has 1 aromatic rings. The molecular formula is C19H26BrF3N2O3. The second-order valence-corrected chi connectivity index (χ2v) is 7.48. The van der Waals surface area contributed by atoms with E-state index in [0.717, 1.165) is 23.3 Å². The summed E-state index contributed by atoms with van der Waals surface area (Å²) in [5.74, 6) is 0.881. The van der Waals surface area contributed by atoms with E-state index in [4.69, 9.17) is 4.74 Å². The quantitative estimate of drug-likeness (QED) is 0.492. The van der Waals surface area contributed by atoms with Crippen molar-refractivity contribution in [2.24, 2.45) is 0 Å². The molecule has 0 atom stereocenters. The van der Waals surface area contributed by atoms with Crippen LogP contribution >= 0.6 is 15.9 Å². The highest BCUT2D eigenvalue weighted by molar-refractivity contribution is 9.10. The van der Waals surface area contributed by atoms with Crippen LogP contribution in [-0.2, 0) is 9.53 Å². The molecule has 1 aliphatic rings. The van der Waals surface area contributed by atoms with Gasteiger partial charge in [0, 0.05) is 45.8 Å². The molecule has 5 nitrogen and oxygen atoms in total. The van der Waals surface area contributed by atoms with E-state index < -0.39 is 12.8 Å². The maximum absolute atomic E-state index is 12.3. The van der Waals surface area contributed by atoms with Crippen molar-refractivity contribution in [2.45, 2.75) is 25.4 Å². The average molecular weight is 467 g/mol. The second-order valence-electron chi connectivity index (χ2n) is 6.63. The zero-order chi connectivity index (χ0) is 20.4. The number of hydrogen-bond acceptors (Lipinski definition) is 4. The van der Waals surface area contributed by atoms with E-state index in [1.54, 1.807) is 0 Å². The van der Waals surface area contributed by atoms with Crippen molar-refractivity contribution in [3.8, 4) is 5.75 Å². The molecule has 1 saturated heterocycles. The van der Waals surface area contributed by atoms with Crippen LogP contribution < -0.4 is 4.74 Å². The minimum Gasteiger partial charge on any atom is -0.492 e. The minimum absolute atomic E-state index is 0.0934. The lowest BCUT2D eigenvalue weighted by atomic mass is 10.2. The number of halogens is 4. The Morgan fingerprint density at radius 3 is 2.46 bits per heavy atom. The molecule has 0 radical (unpaired) electrons. The summed E-state index contributed by atoms with van der Waals surface area (Å²) in [4.78, 5) is 16.3. The predicted octanol–water partition coefficient (Wildman–Crippen LogP) is 3.72. The van der Waals surface area contributed by atoms with Crippen LogP contribution in [0.25, 0.3) is 0 Å². The van der Waals surface area contributed by atoms with E-state index in [9.17, 15) is 18.0 Å². The number of ether oxygens (including phenoxy) is 2. The van der Waals surface area contributed by atoms with Gasteiger partial charge in [-0.3, -0.25) is 9.69 Å². The molecule has 0 unspecified atom stereocenters. The Hall–Kier alpha value is -1.32. The van der Waals surface area contributed by atoms with Crippen molar-refractivity contribution in [3.63, 3.8) is 0 Å². The Morgan fingerprint density at radius 2 is 1.79 bits per heavy atom. The van der Waals surface area contributed by atoms with Crippen LogP contribution in [0.3, 0.4) is 0 Å². The Balaban J connectivity index is 1.53. The number of benzene rings is 1. The summed E-state index contributed by atoms with van der Waals surface area (Å²) in [5.41, 5.74) is 0. The maximum atomic E-state index is 12.3. The smallest absolute Gasteiger partial charge is 0.411 e. The summed E-state index contributed by atoms with van der Waals surface area (Å²) in [6, 6.07) is 7.59. The number of alkyl halides is 3. The van der Waals surface area contributed by atoms with Gasteiger partial charge in [-0.2, -0.15) is 13.2 Å². The van der Waals surface area contributed by atoms with Crippen LogP contribution in [0.15, 0.2) is 28.7 Å². The van der Waals surface area contributed by atoms with E-state index in [0.29, 0.717) is 45.5 Å². The van der Waals surface area contributed by atoms with Gasteiger partial charge in [0.2, 0.25) is 5.91 Å². The zero-order valence-electron chi connectivity index (χ0n) is 15.7. The van der Waals surface area contributed by atoms with Crippen LogP contribution in [-0.4, -0.2) is 74.4 Å². The van der Waals surface area contributed by atoms with Crippen LogP contribution in [0.4, 0.5) is 13.2 Å². The summed E-state index contributed by atoms with van der Waals surface area (Å²) in [5, 5.41) is 0. The molecule has 158 valence electrons. The van der Waals surface area contributed by atoms with Gasteiger partial charge in [0.1, 0.15) is 12.4 Å². The molecule has 28 heavy (non-hydrogen) atoms. The number of rotatable bonds is 10. The molecule has 0 spiro atoms. The van der Waals surface area contributed by atoms with E-state index >= 15 is 0 Å². The van der Waals surface area contributed by atoms with Crippen LogP contribution in [0.5, 0.6) is 5.75 Å². The first-order valence-electron chi connectivity index (χ1n) is 9.37. The molecule has 2 rings (SSSR count). The van der Waals surface area contributed by atoms with Crippen molar-refractivity contribution in [3.05, 3.63) is 28.7 Å². The Bertz CT molecular complexity index is 608. The number of carbonyl (C=O) groups is 1. The number of hydrogen-bond donors (Lipinski definition) is 0. The van der Waals surface area contributed by atoms with Crippen molar-refractivity contribution in [1.82, 2.24) is 9.80 Å². The third-order valence-electron chi connectivity index (χ3n) is 4.38. The van der Waals surface area contributed by atoms with Gasteiger partial charge in [-0.15, -0.1) is 0 Å². The molecular weight excluding hydrogens is 441 g/mol. The third-order valence-corrected chi connectivity index (χ3v) is 5.04. The van der Waals surface area contributed by atoms with Gasteiger partial charge in [-0.05, 0) is 40.9 Å². The molecule has 0 N–H and O–H groups in total. The first kappa shape index (κ1) is 23.0. The monoisotopic (exact) mass is 466 g/mol. The van der Waals surface area contributed by atoms with Gasteiger partial charge in [0.25, 0.3) is 0 Å². The lowest BCUT2D eigenvalue weighted by molar-refractivity contribution is -0.174. The number of para-hydroxylation sites is 1. The zero-order valence-corrected chi connectivity index (χ0v) is 17.3. The molecule has 0 aromatic heterocycles. The van der Waals surface area contributed by atoms with Crippen molar-refractivity contribution in [2.75, 3.05) is 52.5 Å². The van der Waals surface area contributed by atoms with Gasteiger partial charge in [0.15, 0.2) is 0 Å². The molecule has 1 fully saturated rings. The molecule has 1 aliphatic heterocycles. The van der Waals surface area contributed by atoms with E-state index in [1.165, 1.54) is 0 Å². The van der Waals surface area contributed by atoms with Crippen molar-refractivity contribution >= 4 is 21.8 Å². The molecule has 1 heterocycles. The molecule has 0 aliphatic carbocycles. The Morgan fingerprint density at radius 1 is 1.07 bits per heavy atom. The summed E-state index contributed by atoms with van der Waals surface area (Å²) >= 11 is 3.42. The number of nitrogens with zero attached hydrogens (tertiary/aromatic N) is 2. The second kappa shape index (κ2) is 11.6. The number of amides is 1. The van der Waals surface area contributed by atoms with Crippen LogP contribution in [0.1, 0.15) is 19.3 Å². The van der Waals surface area contributed by atoms with Gasteiger partial charge in [-0.25, -0.2) is 0 Å². The Kier molecular flexibility index (Phi) is 9.53. The molecule has 9 heteroatoms. The van der Waals surface area contributed by atoms with Gasteiger partial charge >= 0.3 is 6.18 Å². The molecule has 0 bridgehead atoms. The van der Waals surface area contributed by atoms with E-state index in [-0.39, 0.29) is 12.5 Å². The summed E-state index contributed by atoms with van der Waals surface area (Å²) in [7, 11) is 0. The SMILES string of the molecule is O=C(CCCOc1ccccc1Br)N1CCN(CCCOCC(F)(F)F)CC1. The molecule has 0 saturated carbocycles. The maximum Gasteiger partial charge on any atom is 0.411 e. The fourth-order valence-corrected chi connectivity index (χ4v) is 3.32. The Labute approximate surface area is 171 Å². The number of carbonyl (C=O) groups excluding carboxylic acids is 1. The lowest BCUT2D eigenvalue weighted by Gasteiger charge is -2.34. The van der Waals surface area contributed by atoms with Crippen molar-refractivity contribution in [1.29, 1.82) is 0 Å². The fraction of sp³-hybridized carbons (Fsp3) is 0.632. The molecule has 1 aromatic carbocycles. The average Bonchev–Trinajstić information content (AvgIpc) is 2.65. The number of piperazine rings is 1. The highest BCUT2D eigenvalue weighted by atomic mass is 79.9.